The van der Waals surface area contributed by atoms with E-state index in [9.17, 15) is 0 Å². The average molecular weight is 951 g/mol. The number of benzene rings is 4. The zero-order valence-corrected chi connectivity index (χ0v) is 40.8. The molecule has 61 heavy (non-hydrogen) atoms. The molecule has 4 aromatic carbocycles. The number of aromatic nitrogens is 2. The van der Waals surface area contributed by atoms with Crippen molar-refractivity contribution in [3.8, 4) is 22.5 Å². The molecule has 0 radical (unpaired) electrons. The zero-order chi connectivity index (χ0) is 41.0. The first-order valence-electron chi connectivity index (χ1n) is 22.6. The number of aryl methyl sites for hydroxylation is 2. The summed E-state index contributed by atoms with van der Waals surface area (Å²) in [6, 6.07) is 31.5. The Morgan fingerprint density at radius 2 is 1.02 bits per heavy atom. The van der Waals surface area contributed by atoms with Crippen LogP contribution in [0, 0.1) is 26.7 Å². The molecule has 318 valence electrons. The molecule has 2 heterocycles. The Morgan fingerprint density at radius 3 is 1.48 bits per heavy atom. The number of halogens is 2. The normalized spacial score (nSPS) is 16.8. The molecule has 0 saturated heterocycles. The van der Waals surface area contributed by atoms with Crippen molar-refractivity contribution in [2.24, 2.45) is 0 Å². The molecule has 4 fully saturated rings. The minimum absolute atomic E-state index is 0. The molecule has 4 aliphatic rings. The summed E-state index contributed by atoms with van der Waals surface area (Å²) in [5.41, 5.74) is 11.9. The summed E-state index contributed by atoms with van der Waals surface area (Å²) < 4.78 is 0. The van der Waals surface area contributed by atoms with Gasteiger partial charge >= 0.3 is 30.0 Å². The van der Waals surface area contributed by atoms with Crippen LogP contribution in [-0.2, 0) is 16.3 Å². The van der Waals surface area contributed by atoms with Crippen molar-refractivity contribution in [3.05, 3.63) is 143 Å². The van der Waals surface area contributed by atoms with Crippen LogP contribution in [0.3, 0.4) is 0 Å². The third-order valence-corrected chi connectivity index (χ3v) is 13.4. The second-order valence-electron chi connectivity index (χ2n) is 17.5. The van der Waals surface area contributed by atoms with Crippen LogP contribution in [-0.4, -0.2) is 9.97 Å². The monoisotopic (exact) mass is 947 g/mol. The molecule has 0 amide bonds. The van der Waals surface area contributed by atoms with Gasteiger partial charge in [-0.2, -0.15) is 0 Å². The van der Waals surface area contributed by atoms with Gasteiger partial charge in [0.2, 0.25) is 0 Å². The van der Waals surface area contributed by atoms with Crippen molar-refractivity contribution < 1.29 is 16.3 Å². The van der Waals surface area contributed by atoms with Gasteiger partial charge in [0.1, 0.15) is 0 Å². The Labute approximate surface area is 391 Å². The number of rotatable bonds is 5. The van der Waals surface area contributed by atoms with Crippen molar-refractivity contribution in [1.82, 2.24) is 9.97 Å². The molecule has 0 aliphatic heterocycles. The molecule has 0 atom stereocenters. The van der Waals surface area contributed by atoms with Gasteiger partial charge in [0.25, 0.3) is 0 Å². The van der Waals surface area contributed by atoms with Gasteiger partial charge in [0.05, 0.1) is 17.8 Å². The third-order valence-electron chi connectivity index (χ3n) is 13.1. The first kappa shape index (κ1) is 49.0. The van der Waals surface area contributed by atoms with Gasteiger partial charge in [-0.3, -0.25) is 16.4 Å². The first-order valence-corrected chi connectivity index (χ1v) is 29.9. The van der Waals surface area contributed by atoms with E-state index in [4.69, 9.17) is 21.6 Å². The van der Waals surface area contributed by atoms with Crippen LogP contribution in [0.25, 0.3) is 44.1 Å². The van der Waals surface area contributed by atoms with E-state index in [0.29, 0.717) is 5.92 Å². The molecule has 0 bridgehead atoms. The van der Waals surface area contributed by atoms with Gasteiger partial charge in [-0.05, 0) is 153 Å². The maximum absolute atomic E-state index is 6.15. The van der Waals surface area contributed by atoms with E-state index >= 15 is 0 Å². The molecule has 4 saturated carbocycles. The third kappa shape index (κ3) is 13.0. The predicted molar refractivity (Wildman–Crippen MR) is 267 cm³/mol. The van der Waals surface area contributed by atoms with Crippen LogP contribution >= 0.6 is 25.2 Å². The van der Waals surface area contributed by atoms with Gasteiger partial charge in [0.15, 0.2) is 0 Å². The molecular weight excluding hydrogens is 881 g/mol. The van der Waals surface area contributed by atoms with Crippen molar-refractivity contribution in [1.29, 1.82) is 0 Å². The molecule has 2 nitrogen and oxygen atoms in total. The number of hydrogen-bond acceptors (Lipinski definition) is 2. The summed E-state index contributed by atoms with van der Waals surface area (Å²) in [7, 11) is 0. The van der Waals surface area contributed by atoms with Crippen molar-refractivity contribution in [2.45, 2.75) is 156 Å². The van der Waals surface area contributed by atoms with Crippen molar-refractivity contribution >= 4 is 46.8 Å². The summed E-state index contributed by atoms with van der Waals surface area (Å²) in [5.74, 6) is 2.20. The quantitative estimate of drug-likeness (QED) is 0.127. The van der Waals surface area contributed by atoms with Crippen LogP contribution in [0.4, 0.5) is 0 Å². The van der Waals surface area contributed by atoms with Gasteiger partial charge in [-0.15, -0.1) is 6.42 Å². The van der Waals surface area contributed by atoms with E-state index in [0.717, 1.165) is 33.6 Å². The van der Waals surface area contributed by atoms with E-state index in [2.05, 4.69) is 107 Å². The fourth-order valence-corrected chi connectivity index (χ4v) is 10.3. The first-order chi connectivity index (χ1) is 29.0. The van der Waals surface area contributed by atoms with Crippen LogP contribution in [0.15, 0.2) is 97.3 Å². The zero-order valence-electron chi connectivity index (χ0n) is 35.5. The fraction of sp³-hybridized carbons (Fsp3) is 0.429. The second-order valence-corrected chi connectivity index (χ2v) is 17.9. The predicted octanol–water partition coefficient (Wildman–Crippen LogP) is 18.5. The van der Waals surface area contributed by atoms with Crippen LogP contribution < -0.4 is 0 Å². The van der Waals surface area contributed by atoms with E-state index in [-0.39, 0.29) is 14.9 Å². The Morgan fingerprint density at radius 1 is 0.557 bits per heavy atom. The van der Waals surface area contributed by atoms with E-state index in [1.807, 2.05) is 30.6 Å². The molecule has 0 unspecified atom stereocenters. The van der Waals surface area contributed by atoms with Crippen LogP contribution in [0.1, 0.15) is 170 Å². The molecule has 0 N–H and O–H groups in total. The van der Waals surface area contributed by atoms with Crippen molar-refractivity contribution in [2.75, 3.05) is 0 Å². The van der Waals surface area contributed by atoms with Crippen LogP contribution in [0.2, 0.25) is 5.02 Å². The molecular formula is C56H69BrClN2Zn+. The summed E-state index contributed by atoms with van der Waals surface area (Å²) in [6.07, 6.45) is 31.5. The summed E-state index contributed by atoms with van der Waals surface area (Å²) >= 11 is 10.4. The van der Waals surface area contributed by atoms with Crippen molar-refractivity contribution in [3.63, 3.8) is 0 Å². The van der Waals surface area contributed by atoms with Gasteiger partial charge < -0.3 is 0 Å². The standard InChI is InChI=1S/C27H31N.C22H22ClN.C5H8.2CH4.BrH.Zn/c1-19-15-24(21-7-3-2-4-8-21)18-25(16-19)27-26-12-11-22(20-9-5-6-10-20)17-23(26)13-14-28-27;1-15-11-18(16-5-3-2-4-6-16)13-19(12-15)22-21-8-7-20(23)14-17(21)9-10-24-22;1-2-4-5-3-1;;;;/h11-18,20-21H,2-10H2,1H3;7-14,16H,2-6H2,1H3;1,4H,2-3,5H2;2*1H4;1H;/q;;;;;;+2/p-1. The van der Waals surface area contributed by atoms with E-state index in [1.54, 1.807) is 0 Å². The Balaban J connectivity index is 0.000000196. The maximum atomic E-state index is 6.15. The number of nitrogens with zero attached hydrogens (tertiary/aromatic N) is 2. The Hall–Kier alpha value is -3.04. The van der Waals surface area contributed by atoms with Gasteiger partial charge in [-0.1, -0.05) is 125 Å². The fourth-order valence-electron chi connectivity index (χ4n) is 10.1. The second kappa shape index (κ2) is 24.7. The Kier molecular flexibility index (Phi) is 19.8. The summed E-state index contributed by atoms with van der Waals surface area (Å²) in [6.45, 7) is 4.43. The molecule has 6 aromatic rings. The van der Waals surface area contributed by atoms with Gasteiger partial charge in [0, 0.05) is 45.7 Å². The summed E-state index contributed by atoms with van der Waals surface area (Å²) in [4.78, 5) is 9.52. The topological polar surface area (TPSA) is 25.8 Å². The number of hydrogen-bond donors (Lipinski definition) is 0. The van der Waals surface area contributed by atoms with Gasteiger partial charge in [-0.25, -0.2) is 0 Å². The van der Waals surface area contributed by atoms with E-state index in [1.165, 1.54) is 181 Å². The Bertz CT molecular complexity index is 2260. The molecule has 0 spiro atoms. The minimum atomic E-state index is 0. The molecule has 5 heteroatoms. The average Bonchev–Trinajstić information content (AvgIpc) is 4.06. The number of pyridine rings is 2. The molecule has 2 aromatic heterocycles. The van der Waals surface area contributed by atoms with Crippen LogP contribution in [0.5, 0.6) is 0 Å². The number of fused-ring (bicyclic) bond motifs is 2. The van der Waals surface area contributed by atoms with E-state index < -0.39 is 0 Å². The SMILES string of the molecule is C.C.Cc1cc(-c2nccc3cc(C4CCCC4)ccc23)cc(C2CCCCC2)c1.Cc1cc(-c2nccc3cc(Cl)ccc23)cc(C2CCCCC2)c1.[CH+]1C[CH-]CC1.[Zn+][Br]. The molecule has 10 rings (SSSR count). The summed E-state index contributed by atoms with van der Waals surface area (Å²) in [5, 5.41) is 5.72. The molecule has 4 aliphatic carbocycles.